The van der Waals surface area contributed by atoms with Crippen molar-refractivity contribution in [2.45, 2.75) is 44.6 Å². The lowest BCUT2D eigenvalue weighted by molar-refractivity contribution is 0.0273. The summed E-state index contributed by atoms with van der Waals surface area (Å²) in [5, 5.41) is 11.6. The third-order valence-corrected chi connectivity index (χ3v) is 3.71. The normalized spacial score (nSPS) is 15.5. The fourth-order valence-corrected chi connectivity index (χ4v) is 2.53. The number of pyridine rings is 1. The molecule has 2 N–H and O–H groups in total. The third kappa shape index (κ3) is 5.11. The molecule has 0 radical (unpaired) electrons. The van der Waals surface area contributed by atoms with Gasteiger partial charge >= 0.3 is 5.97 Å². The number of carbonyl (C=O) groups excluding carboxylic acids is 1. The van der Waals surface area contributed by atoms with Crippen molar-refractivity contribution in [1.29, 1.82) is 0 Å². The molecule has 22 heavy (non-hydrogen) atoms. The van der Waals surface area contributed by atoms with Crippen molar-refractivity contribution in [1.82, 2.24) is 10.3 Å². The van der Waals surface area contributed by atoms with Crippen molar-refractivity contribution in [2.24, 2.45) is 0 Å². The summed E-state index contributed by atoms with van der Waals surface area (Å²) < 4.78 is 5.78. The second-order valence-corrected chi connectivity index (χ2v) is 5.45. The third-order valence-electron chi connectivity index (χ3n) is 3.71. The van der Waals surface area contributed by atoms with Crippen LogP contribution in [0, 0.1) is 0 Å². The Labute approximate surface area is 129 Å². The molecule has 0 bridgehead atoms. The van der Waals surface area contributed by atoms with Crippen LogP contribution in [0.1, 0.15) is 59.5 Å². The summed E-state index contributed by atoms with van der Waals surface area (Å²) in [6.07, 6.45) is 7.17. The van der Waals surface area contributed by atoms with E-state index in [0.29, 0.717) is 19.3 Å². The number of aromatic carboxylic acids is 1. The molecule has 1 amide bonds. The lowest BCUT2D eigenvalue weighted by atomic mass is 9.98. The molecule has 0 aliphatic heterocycles. The SMILES string of the molecule is O=C(O)c1cccc(C(=O)NCCCOC2CCCCC2)n1. The summed E-state index contributed by atoms with van der Waals surface area (Å²) in [5.74, 6) is -1.50. The van der Waals surface area contributed by atoms with E-state index in [1.807, 2.05) is 0 Å². The Morgan fingerprint density at radius 1 is 1.23 bits per heavy atom. The maximum Gasteiger partial charge on any atom is 0.354 e. The second kappa shape index (κ2) is 8.48. The molecule has 0 unspecified atom stereocenters. The molecule has 0 saturated heterocycles. The van der Waals surface area contributed by atoms with Crippen molar-refractivity contribution in [2.75, 3.05) is 13.2 Å². The molecular formula is C16H22N2O4. The zero-order valence-corrected chi connectivity index (χ0v) is 12.6. The Hall–Kier alpha value is -1.95. The van der Waals surface area contributed by atoms with E-state index in [4.69, 9.17) is 9.84 Å². The van der Waals surface area contributed by atoms with Crippen LogP contribution in [0.15, 0.2) is 18.2 Å². The number of nitrogens with one attached hydrogen (secondary N) is 1. The number of carboxylic acids is 1. The summed E-state index contributed by atoms with van der Waals surface area (Å²) in [7, 11) is 0. The van der Waals surface area contributed by atoms with E-state index in [1.54, 1.807) is 0 Å². The Morgan fingerprint density at radius 2 is 1.95 bits per heavy atom. The standard InChI is InChI=1S/C16H22N2O4/c19-15(13-8-4-9-14(18-13)16(20)21)17-10-5-11-22-12-6-2-1-3-7-12/h4,8-9,12H,1-3,5-7,10-11H2,(H,17,19)(H,20,21). The zero-order chi connectivity index (χ0) is 15.8. The minimum absolute atomic E-state index is 0.119. The maximum absolute atomic E-state index is 11.9. The quantitative estimate of drug-likeness (QED) is 0.754. The van der Waals surface area contributed by atoms with Crippen molar-refractivity contribution in [3.63, 3.8) is 0 Å². The number of ether oxygens (including phenoxy) is 1. The molecule has 1 fully saturated rings. The average molecular weight is 306 g/mol. The largest absolute Gasteiger partial charge is 0.477 e. The van der Waals surface area contributed by atoms with Crippen LogP contribution < -0.4 is 5.32 Å². The number of carboxylic acid groups (broad SMARTS) is 1. The van der Waals surface area contributed by atoms with Crippen LogP contribution in [0.4, 0.5) is 0 Å². The monoisotopic (exact) mass is 306 g/mol. The van der Waals surface area contributed by atoms with Crippen LogP contribution in [0.25, 0.3) is 0 Å². The smallest absolute Gasteiger partial charge is 0.354 e. The van der Waals surface area contributed by atoms with E-state index in [1.165, 1.54) is 37.5 Å². The van der Waals surface area contributed by atoms with E-state index in [0.717, 1.165) is 19.3 Å². The van der Waals surface area contributed by atoms with Gasteiger partial charge in [-0.25, -0.2) is 9.78 Å². The number of nitrogens with zero attached hydrogens (tertiary/aromatic N) is 1. The molecule has 0 atom stereocenters. The van der Waals surface area contributed by atoms with Gasteiger partial charge in [0, 0.05) is 13.2 Å². The summed E-state index contributed by atoms with van der Waals surface area (Å²) >= 11 is 0. The van der Waals surface area contributed by atoms with Gasteiger partial charge in [-0.3, -0.25) is 4.79 Å². The van der Waals surface area contributed by atoms with E-state index in [-0.39, 0.29) is 17.3 Å². The predicted molar refractivity (Wildman–Crippen MR) is 81.0 cm³/mol. The van der Waals surface area contributed by atoms with Crippen molar-refractivity contribution in [3.8, 4) is 0 Å². The van der Waals surface area contributed by atoms with Gasteiger partial charge in [0.1, 0.15) is 11.4 Å². The van der Waals surface area contributed by atoms with Crippen LogP contribution in [-0.4, -0.2) is 41.2 Å². The molecule has 1 aliphatic rings. The van der Waals surface area contributed by atoms with Crippen molar-refractivity contribution >= 4 is 11.9 Å². The highest BCUT2D eigenvalue weighted by Crippen LogP contribution is 2.20. The minimum Gasteiger partial charge on any atom is -0.477 e. The van der Waals surface area contributed by atoms with Gasteiger partial charge in [0.25, 0.3) is 5.91 Å². The summed E-state index contributed by atoms with van der Waals surface area (Å²) in [5.41, 5.74) is -0.0126. The van der Waals surface area contributed by atoms with E-state index in [2.05, 4.69) is 10.3 Å². The minimum atomic E-state index is -1.14. The van der Waals surface area contributed by atoms with Gasteiger partial charge < -0.3 is 15.2 Å². The van der Waals surface area contributed by atoms with Gasteiger partial charge in [-0.05, 0) is 31.4 Å². The number of hydrogen-bond acceptors (Lipinski definition) is 4. The highest BCUT2D eigenvalue weighted by Gasteiger charge is 2.13. The van der Waals surface area contributed by atoms with E-state index in [9.17, 15) is 9.59 Å². The molecule has 1 saturated carbocycles. The molecule has 6 nitrogen and oxygen atoms in total. The first kappa shape index (κ1) is 16.4. The van der Waals surface area contributed by atoms with Gasteiger partial charge in [0.2, 0.25) is 0 Å². The van der Waals surface area contributed by atoms with Gasteiger partial charge in [0.15, 0.2) is 0 Å². The first-order valence-electron chi connectivity index (χ1n) is 7.77. The zero-order valence-electron chi connectivity index (χ0n) is 12.6. The van der Waals surface area contributed by atoms with Gasteiger partial charge in [-0.2, -0.15) is 0 Å². The maximum atomic E-state index is 11.9. The first-order chi connectivity index (χ1) is 10.7. The van der Waals surface area contributed by atoms with Crippen LogP contribution in [0.3, 0.4) is 0 Å². The number of amides is 1. The number of aromatic nitrogens is 1. The topological polar surface area (TPSA) is 88.5 Å². The lowest BCUT2D eigenvalue weighted by Gasteiger charge is -2.21. The number of hydrogen-bond donors (Lipinski definition) is 2. The Bertz CT molecular complexity index is 513. The molecule has 2 rings (SSSR count). The summed E-state index contributed by atoms with van der Waals surface area (Å²) in [4.78, 5) is 26.5. The lowest BCUT2D eigenvalue weighted by Crippen LogP contribution is -2.27. The molecular weight excluding hydrogens is 284 g/mol. The Balaban J connectivity index is 1.67. The summed E-state index contributed by atoms with van der Waals surface area (Å²) in [6, 6.07) is 4.37. The molecule has 1 aromatic heterocycles. The highest BCUT2D eigenvalue weighted by molar-refractivity contribution is 5.94. The van der Waals surface area contributed by atoms with Crippen molar-refractivity contribution in [3.05, 3.63) is 29.6 Å². The molecule has 1 heterocycles. The molecule has 0 aromatic carbocycles. The van der Waals surface area contributed by atoms with E-state index >= 15 is 0 Å². The first-order valence-corrected chi connectivity index (χ1v) is 7.77. The molecule has 1 aliphatic carbocycles. The molecule has 6 heteroatoms. The van der Waals surface area contributed by atoms with E-state index < -0.39 is 5.97 Å². The highest BCUT2D eigenvalue weighted by atomic mass is 16.5. The predicted octanol–water partition coefficient (Wildman–Crippen LogP) is 2.25. The number of rotatable bonds is 7. The number of carbonyl (C=O) groups is 2. The van der Waals surface area contributed by atoms with Crippen LogP contribution in [0.5, 0.6) is 0 Å². The van der Waals surface area contributed by atoms with Gasteiger partial charge in [-0.1, -0.05) is 25.3 Å². The van der Waals surface area contributed by atoms with Crippen molar-refractivity contribution < 1.29 is 19.4 Å². The fourth-order valence-electron chi connectivity index (χ4n) is 2.53. The van der Waals surface area contributed by atoms with Crippen LogP contribution in [0.2, 0.25) is 0 Å². The second-order valence-electron chi connectivity index (χ2n) is 5.45. The Kier molecular flexibility index (Phi) is 6.33. The van der Waals surface area contributed by atoms with Gasteiger partial charge in [-0.15, -0.1) is 0 Å². The molecule has 120 valence electrons. The fraction of sp³-hybridized carbons (Fsp3) is 0.562. The van der Waals surface area contributed by atoms with Crippen LogP contribution in [-0.2, 0) is 4.74 Å². The molecule has 0 spiro atoms. The van der Waals surface area contributed by atoms with Crippen LogP contribution >= 0.6 is 0 Å². The summed E-state index contributed by atoms with van der Waals surface area (Å²) in [6.45, 7) is 1.12. The molecule has 1 aromatic rings. The average Bonchev–Trinajstić information content (AvgIpc) is 2.55. The Morgan fingerprint density at radius 3 is 2.68 bits per heavy atom. The van der Waals surface area contributed by atoms with Gasteiger partial charge in [0.05, 0.1) is 6.10 Å².